The van der Waals surface area contributed by atoms with Crippen molar-refractivity contribution >= 4 is 17.3 Å². The van der Waals surface area contributed by atoms with Crippen LogP contribution in [-0.2, 0) is 0 Å². The van der Waals surface area contributed by atoms with Crippen molar-refractivity contribution in [3.8, 4) is 0 Å². The van der Waals surface area contributed by atoms with Gasteiger partial charge in [-0.05, 0) is 25.2 Å². The van der Waals surface area contributed by atoms with Crippen molar-refractivity contribution in [3.63, 3.8) is 0 Å². The summed E-state index contributed by atoms with van der Waals surface area (Å²) in [5.41, 5.74) is 0.109. The van der Waals surface area contributed by atoms with Crippen LogP contribution in [-0.4, -0.2) is 29.5 Å². The lowest BCUT2D eigenvalue weighted by Gasteiger charge is -2.18. The molecule has 21 heavy (non-hydrogen) atoms. The number of pyridine rings is 1. The molecule has 0 aromatic carbocycles. The number of rotatable bonds is 7. The second-order valence-corrected chi connectivity index (χ2v) is 5.64. The monoisotopic (exact) mass is 292 g/mol. The Morgan fingerprint density at radius 3 is 2.90 bits per heavy atom. The number of anilines is 2. The standard InChI is InChI=1S/C15H24N4O2/c1-3-5-12-6-8-18(11-12)15-10-13(19(20)21)9-14(17-15)16-7-4-2/h9-10,12H,3-8,11H2,1-2H3,(H,16,17). The molecule has 6 nitrogen and oxygen atoms in total. The van der Waals surface area contributed by atoms with E-state index in [1.54, 1.807) is 6.07 Å². The molecule has 1 aromatic heterocycles. The van der Waals surface area contributed by atoms with Gasteiger partial charge < -0.3 is 10.2 Å². The Kier molecular flexibility index (Phi) is 5.36. The van der Waals surface area contributed by atoms with Gasteiger partial charge >= 0.3 is 0 Å². The largest absolute Gasteiger partial charge is 0.370 e. The average molecular weight is 292 g/mol. The van der Waals surface area contributed by atoms with Gasteiger partial charge in [0, 0.05) is 19.6 Å². The third kappa shape index (κ3) is 4.06. The van der Waals surface area contributed by atoms with Crippen LogP contribution in [0.25, 0.3) is 0 Å². The SMILES string of the molecule is CCCNc1cc([N+](=O)[O-])cc(N2CCC(CCC)C2)n1. The summed E-state index contributed by atoms with van der Waals surface area (Å²) in [7, 11) is 0. The zero-order valence-electron chi connectivity index (χ0n) is 12.8. The molecule has 2 heterocycles. The van der Waals surface area contributed by atoms with Crippen LogP contribution in [0.5, 0.6) is 0 Å². The van der Waals surface area contributed by atoms with E-state index in [9.17, 15) is 10.1 Å². The highest BCUT2D eigenvalue weighted by Crippen LogP contribution is 2.29. The Morgan fingerprint density at radius 1 is 1.43 bits per heavy atom. The van der Waals surface area contributed by atoms with E-state index in [-0.39, 0.29) is 10.6 Å². The van der Waals surface area contributed by atoms with Gasteiger partial charge in [-0.2, -0.15) is 0 Å². The van der Waals surface area contributed by atoms with Crippen LogP contribution in [0.15, 0.2) is 12.1 Å². The zero-order chi connectivity index (χ0) is 15.2. The highest BCUT2D eigenvalue weighted by molar-refractivity contribution is 5.56. The maximum Gasteiger partial charge on any atom is 0.276 e. The van der Waals surface area contributed by atoms with E-state index in [4.69, 9.17) is 0 Å². The lowest BCUT2D eigenvalue weighted by molar-refractivity contribution is -0.384. The van der Waals surface area contributed by atoms with Crippen molar-refractivity contribution in [2.75, 3.05) is 29.9 Å². The molecular weight excluding hydrogens is 268 g/mol. The zero-order valence-corrected chi connectivity index (χ0v) is 12.8. The first-order valence-corrected chi connectivity index (χ1v) is 7.79. The molecule has 116 valence electrons. The summed E-state index contributed by atoms with van der Waals surface area (Å²) in [6.07, 6.45) is 4.51. The van der Waals surface area contributed by atoms with Crippen LogP contribution < -0.4 is 10.2 Å². The number of aromatic nitrogens is 1. The predicted octanol–water partition coefficient (Wildman–Crippen LogP) is 3.44. The van der Waals surface area contributed by atoms with E-state index in [0.29, 0.717) is 11.7 Å². The minimum absolute atomic E-state index is 0.109. The first kappa shape index (κ1) is 15.5. The Bertz CT molecular complexity index is 493. The number of nitro groups is 1. The third-order valence-corrected chi connectivity index (χ3v) is 3.87. The molecule has 0 saturated carbocycles. The molecule has 1 saturated heterocycles. The molecule has 1 atom stereocenters. The highest BCUT2D eigenvalue weighted by atomic mass is 16.6. The number of hydrogen-bond acceptors (Lipinski definition) is 5. The van der Waals surface area contributed by atoms with Crippen molar-refractivity contribution in [1.29, 1.82) is 0 Å². The topological polar surface area (TPSA) is 71.3 Å². The van der Waals surface area contributed by atoms with E-state index < -0.39 is 0 Å². The summed E-state index contributed by atoms with van der Waals surface area (Å²) in [5.74, 6) is 2.00. The van der Waals surface area contributed by atoms with Crippen LogP contribution in [0.4, 0.5) is 17.3 Å². The number of nitrogens with zero attached hydrogens (tertiary/aromatic N) is 3. The predicted molar refractivity (Wildman–Crippen MR) is 84.9 cm³/mol. The fraction of sp³-hybridized carbons (Fsp3) is 0.667. The fourth-order valence-electron chi connectivity index (χ4n) is 2.80. The van der Waals surface area contributed by atoms with Crippen LogP contribution in [0.2, 0.25) is 0 Å². The van der Waals surface area contributed by atoms with Crippen LogP contribution in [0.1, 0.15) is 39.5 Å². The van der Waals surface area contributed by atoms with Crippen molar-refractivity contribution in [1.82, 2.24) is 4.98 Å². The highest BCUT2D eigenvalue weighted by Gasteiger charge is 2.24. The minimum atomic E-state index is -0.345. The van der Waals surface area contributed by atoms with E-state index >= 15 is 0 Å². The number of nitrogens with one attached hydrogen (secondary N) is 1. The first-order valence-electron chi connectivity index (χ1n) is 7.79. The first-order chi connectivity index (χ1) is 10.1. The van der Waals surface area contributed by atoms with E-state index in [1.807, 2.05) is 0 Å². The van der Waals surface area contributed by atoms with Gasteiger partial charge in [-0.1, -0.05) is 20.3 Å². The van der Waals surface area contributed by atoms with Crippen molar-refractivity contribution in [2.45, 2.75) is 39.5 Å². The van der Waals surface area contributed by atoms with Crippen molar-refractivity contribution in [3.05, 3.63) is 22.2 Å². The van der Waals surface area contributed by atoms with Gasteiger partial charge in [0.15, 0.2) is 0 Å². The molecule has 6 heteroatoms. The molecule has 1 aliphatic heterocycles. The Balaban J connectivity index is 2.17. The molecule has 1 fully saturated rings. The summed E-state index contributed by atoms with van der Waals surface area (Å²) in [4.78, 5) is 17.5. The smallest absolute Gasteiger partial charge is 0.276 e. The van der Waals surface area contributed by atoms with E-state index in [1.165, 1.54) is 18.9 Å². The summed E-state index contributed by atoms with van der Waals surface area (Å²) >= 11 is 0. The normalized spacial score (nSPS) is 18.0. The minimum Gasteiger partial charge on any atom is -0.370 e. The molecule has 1 aliphatic rings. The molecule has 0 amide bonds. The Labute approximate surface area is 125 Å². The van der Waals surface area contributed by atoms with Crippen molar-refractivity contribution < 1.29 is 4.92 Å². The second-order valence-electron chi connectivity index (χ2n) is 5.64. The molecule has 1 N–H and O–H groups in total. The second kappa shape index (κ2) is 7.24. The summed E-state index contributed by atoms with van der Waals surface area (Å²) in [5, 5.41) is 14.2. The van der Waals surface area contributed by atoms with Crippen molar-refractivity contribution in [2.24, 2.45) is 5.92 Å². The van der Waals surface area contributed by atoms with E-state index in [0.717, 1.165) is 38.3 Å². The van der Waals surface area contributed by atoms with Crippen LogP contribution in [0, 0.1) is 16.0 Å². The van der Waals surface area contributed by atoms with Crippen LogP contribution >= 0.6 is 0 Å². The molecule has 0 radical (unpaired) electrons. The Hall–Kier alpha value is -1.85. The third-order valence-electron chi connectivity index (χ3n) is 3.87. The summed E-state index contributed by atoms with van der Waals surface area (Å²) in [6.45, 7) is 6.91. The van der Waals surface area contributed by atoms with Gasteiger partial charge in [-0.25, -0.2) is 4.98 Å². The van der Waals surface area contributed by atoms with Gasteiger partial charge in [-0.3, -0.25) is 10.1 Å². The summed E-state index contributed by atoms with van der Waals surface area (Å²) < 4.78 is 0. The lowest BCUT2D eigenvalue weighted by atomic mass is 10.0. The lowest BCUT2D eigenvalue weighted by Crippen LogP contribution is -2.21. The number of hydrogen-bond donors (Lipinski definition) is 1. The molecule has 0 spiro atoms. The quantitative estimate of drug-likeness (QED) is 0.615. The molecule has 1 unspecified atom stereocenters. The van der Waals surface area contributed by atoms with Gasteiger partial charge in [0.25, 0.3) is 5.69 Å². The van der Waals surface area contributed by atoms with Gasteiger partial charge in [0.05, 0.1) is 17.1 Å². The van der Waals surface area contributed by atoms with E-state index in [2.05, 4.69) is 29.0 Å². The molecule has 0 bridgehead atoms. The maximum absolute atomic E-state index is 11.1. The average Bonchev–Trinajstić information content (AvgIpc) is 2.94. The fourth-order valence-corrected chi connectivity index (χ4v) is 2.80. The van der Waals surface area contributed by atoms with Gasteiger partial charge in [-0.15, -0.1) is 0 Å². The van der Waals surface area contributed by atoms with Crippen LogP contribution in [0.3, 0.4) is 0 Å². The molecule has 0 aliphatic carbocycles. The molecular formula is C15H24N4O2. The van der Waals surface area contributed by atoms with Gasteiger partial charge in [0.1, 0.15) is 11.6 Å². The Morgan fingerprint density at radius 2 is 2.24 bits per heavy atom. The summed E-state index contributed by atoms with van der Waals surface area (Å²) in [6, 6.07) is 3.10. The van der Waals surface area contributed by atoms with Gasteiger partial charge in [0.2, 0.25) is 0 Å². The molecule has 1 aromatic rings. The molecule has 2 rings (SSSR count). The maximum atomic E-state index is 11.1.